The van der Waals surface area contributed by atoms with Crippen LogP contribution in [0, 0.1) is 0 Å². The fourth-order valence-corrected chi connectivity index (χ4v) is 6.79. The van der Waals surface area contributed by atoms with Crippen LogP contribution in [0.4, 0.5) is 34.1 Å². The zero-order valence-electron chi connectivity index (χ0n) is 22.8. The van der Waals surface area contributed by atoms with Crippen molar-refractivity contribution in [2.45, 2.75) is 39.5 Å². The third-order valence-electron chi connectivity index (χ3n) is 8.29. The third-order valence-corrected chi connectivity index (χ3v) is 8.29. The molecule has 0 spiro atoms. The molecule has 0 amide bonds. The smallest absolute Gasteiger partial charge is 0.252 e. The first-order valence-electron chi connectivity index (χ1n) is 14.4. The minimum absolute atomic E-state index is 0.189. The number of para-hydroxylation sites is 4. The molecule has 0 radical (unpaired) electrons. The van der Waals surface area contributed by atoms with Crippen LogP contribution >= 0.6 is 0 Å². The van der Waals surface area contributed by atoms with Gasteiger partial charge in [-0.25, -0.2) is 0 Å². The first-order chi connectivity index (χ1) is 19.3. The van der Waals surface area contributed by atoms with Gasteiger partial charge in [0, 0.05) is 34.1 Å². The van der Waals surface area contributed by atoms with E-state index < -0.39 is 0 Å². The molecule has 2 aliphatic rings. The number of benzene rings is 5. The average Bonchev–Trinajstić information content (AvgIpc) is 2.98. The molecule has 2 aliphatic heterocycles. The predicted molar refractivity (Wildman–Crippen MR) is 168 cm³/mol. The van der Waals surface area contributed by atoms with E-state index in [1.54, 1.807) is 0 Å². The lowest BCUT2D eigenvalue weighted by atomic mass is 9.33. The summed E-state index contributed by atoms with van der Waals surface area (Å²) in [5, 5.41) is 0. The summed E-state index contributed by atoms with van der Waals surface area (Å²) >= 11 is 0. The van der Waals surface area contributed by atoms with Gasteiger partial charge in [-0.2, -0.15) is 0 Å². The first-order valence-corrected chi connectivity index (χ1v) is 14.4. The van der Waals surface area contributed by atoms with Gasteiger partial charge in [-0.05, 0) is 76.8 Å². The highest BCUT2D eigenvalue weighted by atomic mass is 15.2. The Morgan fingerprint density at radius 3 is 1.85 bits per heavy atom. The van der Waals surface area contributed by atoms with Crippen LogP contribution in [-0.2, 0) is 12.8 Å². The zero-order valence-corrected chi connectivity index (χ0v) is 22.8. The molecule has 190 valence electrons. The Balaban J connectivity index is 1.58. The lowest BCUT2D eigenvalue weighted by molar-refractivity contribution is 0.910. The summed E-state index contributed by atoms with van der Waals surface area (Å²) < 4.78 is 0. The molecular weight excluding hydrogens is 471 g/mol. The number of rotatable bonds is 6. The fourth-order valence-electron chi connectivity index (χ4n) is 6.79. The fraction of sp³-hybridized carbons (Fsp3) is 0.167. The van der Waals surface area contributed by atoms with Crippen molar-refractivity contribution in [2.24, 2.45) is 0 Å². The Morgan fingerprint density at radius 2 is 1.05 bits per heavy atom. The van der Waals surface area contributed by atoms with Gasteiger partial charge < -0.3 is 9.80 Å². The van der Waals surface area contributed by atoms with Crippen LogP contribution in [0.5, 0.6) is 0 Å². The van der Waals surface area contributed by atoms with Gasteiger partial charge >= 0.3 is 0 Å². The highest BCUT2D eigenvalue weighted by molar-refractivity contribution is 7.00. The molecule has 0 aromatic heterocycles. The summed E-state index contributed by atoms with van der Waals surface area (Å²) in [6, 6.07) is 42.8. The van der Waals surface area contributed by atoms with Crippen LogP contribution in [-0.4, -0.2) is 6.71 Å². The molecule has 0 bridgehead atoms. The molecule has 7 rings (SSSR count). The van der Waals surface area contributed by atoms with Gasteiger partial charge in [0.2, 0.25) is 0 Å². The van der Waals surface area contributed by atoms with Crippen LogP contribution in [0.25, 0.3) is 0 Å². The Labute approximate surface area is 232 Å². The maximum atomic E-state index is 2.60. The van der Waals surface area contributed by atoms with Crippen molar-refractivity contribution in [1.82, 2.24) is 0 Å². The number of hydrogen-bond donors (Lipinski definition) is 0. The third kappa shape index (κ3) is 3.71. The largest absolute Gasteiger partial charge is 0.311 e. The van der Waals surface area contributed by atoms with E-state index in [9.17, 15) is 0 Å². The monoisotopic (exact) mass is 504 g/mol. The molecule has 0 saturated carbocycles. The van der Waals surface area contributed by atoms with E-state index in [1.165, 1.54) is 61.6 Å². The molecule has 3 heteroatoms. The van der Waals surface area contributed by atoms with Crippen LogP contribution < -0.4 is 26.2 Å². The average molecular weight is 504 g/mol. The molecule has 0 fully saturated rings. The molecule has 5 aromatic carbocycles. The summed E-state index contributed by atoms with van der Waals surface area (Å²) in [5.74, 6) is 0. The van der Waals surface area contributed by atoms with Gasteiger partial charge in [0.15, 0.2) is 0 Å². The molecule has 2 nitrogen and oxygen atoms in total. The quantitative estimate of drug-likeness (QED) is 0.214. The second-order valence-corrected chi connectivity index (χ2v) is 10.7. The van der Waals surface area contributed by atoms with E-state index in [1.807, 2.05) is 0 Å². The molecule has 39 heavy (non-hydrogen) atoms. The van der Waals surface area contributed by atoms with Gasteiger partial charge in [0.25, 0.3) is 6.71 Å². The number of fused-ring (bicyclic) bond motifs is 4. The molecule has 2 heterocycles. The van der Waals surface area contributed by atoms with Crippen LogP contribution in [0.3, 0.4) is 0 Å². The van der Waals surface area contributed by atoms with E-state index in [4.69, 9.17) is 0 Å². The first kappa shape index (κ1) is 23.9. The summed E-state index contributed by atoms with van der Waals surface area (Å²) in [5.41, 5.74) is 14.7. The van der Waals surface area contributed by atoms with Gasteiger partial charge in [0.1, 0.15) is 0 Å². The molecule has 0 N–H and O–H groups in total. The van der Waals surface area contributed by atoms with E-state index in [0.717, 1.165) is 25.7 Å². The molecular formula is C36H33BN2. The van der Waals surface area contributed by atoms with E-state index >= 15 is 0 Å². The highest BCUT2D eigenvalue weighted by Gasteiger charge is 2.43. The van der Waals surface area contributed by atoms with Crippen LogP contribution in [0.2, 0.25) is 0 Å². The highest BCUT2D eigenvalue weighted by Crippen LogP contribution is 2.45. The molecule has 0 atom stereocenters. The van der Waals surface area contributed by atoms with Crippen molar-refractivity contribution in [3.63, 3.8) is 0 Å². The molecule has 0 aliphatic carbocycles. The maximum Gasteiger partial charge on any atom is 0.252 e. The summed E-state index contributed by atoms with van der Waals surface area (Å²) in [6.07, 6.45) is 4.38. The van der Waals surface area contributed by atoms with Crippen molar-refractivity contribution in [3.8, 4) is 0 Å². The minimum atomic E-state index is 0.189. The number of anilines is 6. The normalized spacial score (nSPS) is 13.1. The van der Waals surface area contributed by atoms with Crippen molar-refractivity contribution in [3.05, 3.63) is 126 Å². The summed E-state index contributed by atoms with van der Waals surface area (Å²) in [4.78, 5) is 5.06. The molecule has 0 saturated heterocycles. The SMILES string of the molecule is CCCc1ccccc1N1c2cccc3c2B(c2ccccc2N3c2ccccc2)c2cccc(CCC)c21. The van der Waals surface area contributed by atoms with Crippen molar-refractivity contribution in [1.29, 1.82) is 0 Å². The van der Waals surface area contributed by atoms with Gasteiger partial charge in [-0.3, -0.25) is 0 Å². The van der Waals surface area contributed by atoms with Crippen molar-refractivity contribution >= 4 is 57.2 Å². The Kier molecular flexibility index (Phi) is 6.00. The van der Waals surface area contributed by atoms with E-state index in [0.29, 0.717) is 0 Å². The van der Waals surface area contributed by atoms with E-state index in [2.05, 4.69) is 139 Å². The van der Waals surface area contributed by atoms with E-state index in [-0.39, 0.29) is 6.71 Å². The topological polar surface area (TPSA) is 6.48 Å². The van der Waals surface area contributed by atoms with Gasteiger partial charge in [-0.15, -0.1) is 0 Å². The second kappa shape index (κ2) is 9.82. The van der Waals surface area contributed by atoms with Crippen LogP contribution in [0.1, 0.15) is 37.8 Å². The van der Waals surface area contributed by atoms with Gasteiger partial charge in [-0.1, -0.05) is 106 Å². The predicted octanol–water partition coefficient (Wildman–Crippen LogP) is 7.67. The Hall–Kier alpha value is -4.24. The Morgan fingerprint density at radius 1 is 0.487 bits per heavy atom. The summed E-state index contributed by atoms with van der Waals surface area (Å²) in [6.45, 7) is 4.75. The standard InChI is InChI=1S/C36H33BN2/c1-3-14-26-16-8-10-22-31(26)39-34-25-13-24-33-35(34)37(30-21-12-17-27(15-4-2)36(30)39)29-20-9-11-23-32(29)38(33)28-18-6-5-7-19-28/h5-13,16-25H,3-4,14-15H2,1-2H3. The van der Waals surface area contributed by atoms with Crippen molar-refractivity contribution < 1.29 is 0 Å². The number of nitrogens with zero attached hydrogens (tertiary/aromatic N) is 2. The van der Waals surface area contributed by atoms with Crippen molar-refractivity contribution in [2.75, 3.05) is 9.80 Å². The lowest BCUT2D eigenvalue weighted by Gasteiger charge is -2.45. The van der Waals surface area contributed by atoms with Crippen LogP contribution in [0.15, 0.2) is 115 Å². The molecule has 5 aromatic rings. The second-order valence-electron chi connectivity index (χ2n) is 10.7. The minimum Gasteiger partial charge on any atom is -0.311 e. The maximum absolute atomic E-state index is 2.60. The van der Waals surface area contributed by atoms with Gasteiger partial charge in [0.05, 0.1) is 0 Å². The molecule has 0 unspecified atom stereocenters. The zero-order chi connectivity index (χ0) is 26.3. The lowest BCUT2D eigenvalue weighted by Crippen LogP contribution is -2.61. The number of hydrogen-bond acceptors (Lipinski definition) is 2. The number of aryl methyl sites for hydroxylation is 2. The summed E-state index contributed by atoms with van der Waals surface area (Å²) in [7, 11) is 0. The Bertz CT molecular complexity index is 1660.